The summed E-state index contributed by atoms with van der Waals surface area (Å²) in [5, 5.41) is -0.889. The summed E-state index contributed by atoms with van der Waals surface area (Å²) in [6.45, 7) is 0.423. The molecule has 0 radical (unpaired) electrons. The summed E-state index contributed by atoms with van der Waals surface area (Å²) in [5.41, 5.74) is 4.74. The number of amides is 1. The first-order valence-electron chi connectivity index (χ1n) is 6.09. The number of alkyl halides is 1. The molecule has 1 aromatic rings. The van der Waals surface area contributed by atoms with Gasteiger partial charge in [-0.05, 0) is 5.56 Å². The highest BCUT2D eigenvalue weighted by Gasteiger charge is 2.44. The molecular formula is C13H17FN2O2S. The molecule has 0 bridgehead atoms. The second-order valence-corrected chi connectivity index (χ2v) is 5.25. The lowest BCUT2D eigenvalue weighted by atomic mass is 10.1. The van der Waals surface area contributed by atoms with Gasteiger partial charge in [0.1, 0.15) is 6.61 Å². The Hall–Kier alpha value is -1.27. The van der Waals surface area contributed by atoms with E-state index in [4.69, 9.17) is 10.5 Å². The Morgan fingerprint density at radius 1 is 1.53 bits per heavy atom. The molecule has 2 atom stereocenters. The van der Waals surface area contributed by atoms with E-state index in [1.54, 1.807) is 0 Å². The van der Waals surface area contributed by atoms with Crippen molar-refractivity contribution in [3.63, 3.8) is 0 Å². The fourth-order valence-electron chi connectivity index (χ4n) is 2.00. The molecule has 0 aliphatic carbocycles. The first-order valence-corrected chi connectivity index (χ1v) is 6.61. The van der Waals surface area contributed by atoms with Gasteiger partial charge in [-0.3, -0.25) is 0 Å². The van der Waals surface area contributed by atoms with Crippen LogP contribution in [0.25, 0.3) is 0 Å². The maximum atomic E-state index is 14.2. The molecule has 1 aliphatic heterocycles. The van der Waals surface area contributed by atoms with E-state index < -0.39 is 17.1 Å². The molecule has 104 valence electrons. The van der Waals surface area contributed by atoms with Crippen LogP contribution in [0.5, 0.6) is 0 Å². The SMILES string of the molecule is NC(S)C1(F)CCN(C(=O)OCc2ccccc2)C1. The van der Waals surface area contributed by atoms with E-state index in [0.717, 1.165) is 5.56 Å². The first-order chi connectivity index (χ1) is 9.01. The van der Waals surface area contributed by atoms with Crippen LogP contribution < -0.4 is 5.73 Å². The zero-order valence-electron chi connectivity index (χ0n) is 10.5. The summed E-state index contributed by atoms with van der Waals surface area (Å²) in [6, 6.07) is 9.34. The minimum Gasteiger partial charge on any atom is -0.445 e. The smallest absolute Gasteiger partial charge is 0.410 e. The van der Waals surface area contributed by atoms with E-state index in [2.05, 4.69) is 12.6 Å². The molecule has 2 unspecified atom stereocenters. The standard InChI is InChI=1S/C13H17FN2O2S/c14-13(11(15)19)6-7-16(9-13)12(17)18-8-10-4-2-1-3-5-10/h1-5,11,19H,6-9,15H2. The van der Waals surface area contributed by atoms with Crippen molar-refractivity contribution in [2.75, 3.05) is 13.1 Å². The van der Waals surface area contributed by atoms with Crippen molar-refractivity contribution in [3.8, 4) is 0 Å². The van der Waals surface area contributed by atoms with Crippen molar-refractivity contribution in [2.24, 2.45) is 5.73 Å². The van der Waals surface area contributed by atoms with Gasteiger partial charge < -0.3 is 15.4 Å². The zero-order valence-corrected chi connectivity index (χ0v) is 11.4. The zero-order chi connectivity index (χ0) is 13.9. The van der Waals surface area contributed by atoms with Crippen molar-refractivity contribution < 1.29 is 13.9 Å². The quantitative estimate of drug-likeness (QED) is 0.659. The van der Waals surface area contributed by atoms with Crippen LogP contribution in [0.3, 0.4) is 0 Å². The van der Waals surface area contributed by atoms with Gasteiger partial charge in [-0.25, -0.2) is 9.18 Å². The van der Waals surface area contributed by atoms with Crippen LogP contribution in [0, 0.1) is 0 Å². The largest absolute Gasteiger partial charge is 0.445 e. The molecule has 1 fully saturated rings. The fraction of sp³-hybridized carbons (Fsp3) is 0.462. The summed E-state index contributed by atoms with van der Waals surface area (Å²) in [7, 11) is 0. The third-order valence-corrected chi connectivity index (χ3v) is 3.71. The third-order valence-electron chi connectivity index (χ3n) is 3.24. The van der Waals surface area contributed by atoms with E-state index in [0.29, 0.717) is 6.54 Å². The van der Waals surface area contributed by atoms with Gasteiger partial charge in [-0.1, -0.05) is 30.3 Å². The van der Waals surface area contributed by atoms with E-state index in [1.807, 2.05) is 30.3 Å². The highest BCUT2D eigenvalue weighted by Crippen LogP contribution is 2.30. The van der Waals surface area contributed by atoms with E-state index in [1.165, 1.54) is 4.90 Å². The number of carbonyl (C=O) groups excluding carboxylic acids is 1. The van der Waals surface area contributed by atoms with Gasteiger partial charge in [0.15, 0.2) is 5.67 Å². The van der Waals surface area contributed by atoms with Crippen molar-refractivity contribution in [2.45, 2.75) is 24.1 Å². The maximum absolute atomic E-state index is 14.2. The second-order valence-electron chi connectivity index (χ2n) is 4.69. The molecule has 6 heteroatoms. The van der Waals surface area contributed by atoms with E-state index in [9.17, 15) is 9.18 Å². The lowest BCUT2D eigenvalue weighted by Crippen LogP contribution is -2.43. The van der Waals surface area contributed by atoms with E-state index in [-0.39, 0.29) is 19.6 Å². The molecule has 19 heavy (non-hydrogen) atoms. The van der Waals surface area contributed by atoms with Gasteiger partial charge in [-0.15, -0.1) is 0 Å². The normalized spacial score (nSPS) is 24.3. The number of ether oxygens (including phenoxy) is 1. The molecule has 1 saturated heterocycles. The maximum Gasteiger partial charge on any atom is 0.410 e. The molecule has 1 heterocycles. The predicted molar refractivity (Wildman–Crippen MR) is 73.6 cm³/mol. The highest BCUT2D eigenvalue weighted by atomic mass is 32.1. The van der Waals surface area contributed by atoms with Gasteiger partial charge in [0.2, 0.25) is 0 Å². The fourth-order valence-corrected chi connectivity index (χ4v) is 2.21. The highest BCUT2D eigenvalue weighted by molar-refractivity contribution is 7.81. The van der Waals surface area contributed by atoms with Gasteiger partial charge >= 0.3 is 6.09 Å². The molecule has 1 aromatic carbocycles. The number of carbonyl (C=O) groups is 1. The molecule has 1 amide bonds. The van der Waals surface area contributed by atoms with Crippen LogP contribution in [-0.4, -0.2) is 35.1 Å². The Kier molecular flexibility index (Phi) is 4.31. The molecule has 0 saturated carbocycles. The minimum absolute atomic E-state index is 0.0642. The Morgan fingerprint density at radius 2 is 2.21 bits per heavy atom. The summed E-state index contributed by atoms with van der Waals surface area (Å²) >= 11 is 3.92. The van der Waals surface area contributed by atoms with Crippen LogP contribution in [0.15, 0.2) is 30.3 Å². The summed E-state index contributed by atoms with van der Waals surface area (Å²) in [6.07, 6.45) is -0.324. The topological polar surface area (TPSA) is 55.6 Å². The van der Waals surface area contributed by atoms with Crippen molar-refractivity contribution >= 4 is 18.7 Å². The lowest BCUT2D eigenvalue weighted by Gasteiger charge is -2.23. The number of nitrogens with zero attached hydrogens (tertiary/aromatic N) is 1. The molecule has 4 nitrogen and oxygen atoms in total. The minimum atomic E-state index is -1.63. The molecule has 2 rings (SSSR count). The molecule has 2 N–H and O–H groups in total. The molecular weight excluding hydrogens is 267 g/mol. The van der Waals surface area contributed by atoms with Gasteiger partial charge in [-0.2, -0.15) is 12.6 Å². The van der Waals surface area contributed by atoms with Gasteiger partial charge in [0.25, 0.3) is 0 Å². The average molecular weight is 284 g/mol. The van der Waals surface area contributed by atoms with Crippen LogP contribution >= 0.6 is 12.6 Å². The number of halogens is 1. The Balaban J connectivity index is 1.85. The molecule has 1 aliphatic rings. The van der Waals surface area contributed by atoms with Crippen LogP contribution in [0.2, 0.25) is 0 Å². The number of hydrogen-bond donors (Lipinski definition) is 2. The van der Waals surface area contributed by atoms with Crippen LogP contribution in [0.1, 0.15) is 12.0 Å². The van der Waals surface area contributed by atoms with Crippen LogP contribution in [0.4, 0.5) is 9.18 Å². The van der Waals surface area contributed by atoms with Gasteiger partial charge in [0.05, 0.1) is 11.9 Å². The average Bonchev–Trinajstić information content (AvgIpc) is 2.81. The Morgan fingerprint density at radius 3 is 2.79 bits per heavy atom. The number of benzene rings is 1. The van der Waals surface area contributed by atoms with Crippen molar-refractivity contribution in [1.82, 2.24) is 4.90 Å². The number of hydrogen-bond acceptors (Lipinski definition) is 4. The summed E-state index contributed by atoms with van der Waals surface area (Å²) in [4.78, 5) is 13.1. The summed E-state index contributed by atoms with van der Waals surface area (Å²) in [5.74, 6) is 0. The summed E-state index contributed by atoms with van der Waals surface area (Å²) < 4.78 is 19.3. The van der Waals surface area contributed by atoms with Gasteiger partial charge in [0, 0.05) is 13.0 Å². The first kappa shape index (κ1) is 14.1. The van der Waals surface area contributed by atoms with Crippen molar-refractivity contribution in [1.29, 1.82) is 0 Å². The number of rotatable bonds is 3. The molecule has 0 spiro atoms. The number of thiol groups is 1. The van der Waals surface area contributed by atoms with E-state index >= 15 is 0 Å². The predicted octanol–water partition coefficient (Wildman–Crippen LogP) is 1.95. The third kappa shape index (κ3) is 3.39. The molecule has 0 aromatic heterocycles. The number of nitrogens with two attached hydrogens (primary N) is 1. The van der Waals surface area contributed by atoms with Crippen LogP contribution in [-0.2, 0) is 11.3 Å². The Labute approximate surface area is 117 Å². The Bertz CT molecular complexity index is 444. The number of likely N-dealkylation sites (tertiary alicyclic amines) is 1. The lowest BCUT2D eigenvalue weighted by molar-refractivity contribution is 0.0939. The van der Waals surface area contributed by atoms with Crippen molar-refractivity contribution in [3.05, 3.63) is 35.9 Å². The monoisotopic (exact) mass is 284 g/mol. The second kappa shape index (κ2) is 5.79.